The Morgan fingerprint density at radius 3 is 2.52 bits per heavy atom. The first-order chi connectivity index (χ1) is 9.79. The molecule has 3 N–H and O–H groups in total. The van der Waals surface area contributed by atoms with E-state index in [0.29, 0.717) is 15.7 Å². The quantitative estimate of drug-likeness (QED) is 0.863. The number of nitrogens with one attached hydrogen (secondary N) is 1. The maximum Gasteiger partial charge on any atom is 0.238 e. The maximum absolute atomic E-state index is 13.8. The van der Waals surface area contributed by atoms with Crippen LogP contribution in [0.2, 0.25) is 0 Å². The van der Waals surface area contributed by atoms with Gasteiger partial charge in [0.2, 0.25) is 10.0 Å². The highest BCUT2D eigenvalue weighted by atomic mass is 79.9. The summed E-state index contributed by atoms with van der Waals surface area (Å²) in [6.07, 6.45) is 0. The van der Waals surface area contributed by atoms with Crippen LogP contribution in [0.15, 0.2) is 51.8 Å². The summed E-state index contributed by atoms with van der Waals surface area (Å²) in [6.45, 7) is 1.81. The molecule has 1 atom stereocenters. The molecule has 0 aromatic heterocycles. The second kappa shape index (κ2) is 6.13. The third-order valence-corrected chi connectivity index (χ3v) is 4.58. The monoisotopic (exact) mass is 372 g/mol. The fraction of sp³-hybridized carbons (Fsp3) is 0.143. The second-order valence-corrected chi connectivity index (χ2v) is 7.00. The van der Waals surface area contributed by atoms with Crippen LogP contribution in [-0.4, -0.2) is 8.42 Å². The Hall–Kier alpha value is -1.44. The molecule has 2 aromatic carbocycles. The van der Waals surface area contributed by atoms with Crippen molar-refractivity contribution < 1.29 is 12.8 Å². The summed E-state index contributed by atoms with van der Waals surface area (Å²) >= 11 is 3.28. The van der Waals surface area contributed by atoms with E-state index in [4.69, 9.17) is 5.14 Å². The standard InChI is InChI=1S/C14H14BrFN2O2S/c1-9(18-14-12(15)6-3-7-13(14)16)10-4-2-5-11(8-10)21(17,19)20/h2-9,18H,1H3,(H2,17,19,20). The van der Waals surface area contributed by atoms with Crippen molar-refractivity contribution >= 4 is 31.6 Å². The van der Waals surface area contributed by atoms with Crippen molar-refractivity contribution in [3.05, 3.63) is 58.3 Å². The van der Waals surface area contributed by atoms with Gasteiger partial charge in [-0.1, -0.05) is 18.2 Å². The third-order valence-electron chi connectivity index (χ3n) is 3.01. The summed E-state index contributed by atoms with van der Waals surface area (Å²) in [7, 11) is -3.76. The minimum absolute atomic E-state index is 0.0289. The minimum Gasteiger partial charge on any atom is -0.375 e. The molecule has 0 fully saturated rings. The van der Waals surface area contributed by atoms with Crippen LogP contribution in [0.4, 0.5) is 10.1 Å². The van der Waals surface area contributed by atoms with E-state index in [2.05, 4.69) is 21.2 Å². The lowest BCUT2D eigenvalue weighted by Crippen LogP contribution is -2.14. The number of primary sulfonamides is 1. The molecule has 0 radical (unpaired) electrons. The van der Waals surface area contributed by atoms with Crippen LogP contribution in [0, 0.1) is 5.82 Å². The summed E-state index contributed by atoms with van der Waals surface area (Å²) in [5.74, 6) is -0.390. The molecule has 0 heterocycles. The summed E-state index contributed by atoms with van der Waals surface area (Å²) in [5.41, 5.74) is 1.02. The molecule has 0 aliphatic heterocycles. The van der Waals surface area contributed by atoms with Crippen molar-refractivity contribution in [2.45, 2.75) is 17.9 Å². The summed E-state index contributed by atoms with van der Waals surface area (Å²) in [5, 5.41) is 8.13. The molecule has 0 aliphatic rings. The van der Waals surface area contributed by atoms with Gasteiger partial charge in [0.1, 0.15) is 5.82 Å². The van der Waals surface area contributed by atoms with Gasteiger partial charge >= 0.3 is 0 Å². The van der Waals surface area contributed by atoms with E-state index in [1.54, 1.807) is 31.2 Å². The minimum atomic E-state index is -3.76. The smallest absolute Gasteiger partial charge is 0.238 e. The zero-order valence-corrected chi connectivity index (χ0v) is 13.6. The van der Waals surface area contributed by atoms with Crippen molar-refractivity contribution in [3.63, 3.8) is 0 Å². The van der Waals surface area contributed by atoms with Crippen LogP contribution >= 0.6 is 15.9 Å². The molecule has 112 valence electrons. The van der Waals surface area contributed by atoms with Crippen LogP contribution in [0.1, 0.15) is 18.5 Å². The van der Waals surface area contributed by atoms with Crippen LogP contribution in [0.25, 0.3) is 0 Å². The molecule has 1 unspecified atom stereocenters. The fourth-order valence-electron chi connectivity index (χ4n) is 1.90. The van der Waals surface area contributed by atoms with Gasteiger partial charge in [-0.25, -0.2) is 17.9 Å². The Morgan fingerprint density at radius 1 is 1.24 bits per heavy atom. The number of sulfonamides is 1. The fourth-order valence-corrected chi connectivity index (χ4v) is 2.92. The van der Waals surface area contributed by atoms with Gasteiger partial charge < -0.3 is 5.32 Å². The van der Waals surface area contributed by atoms with Crippen molar-refractivity contribution in [1.29, 1.82) is 0 Å². The number of benzene rings is 2. The van der Waals surface area contributed by atoms with Gasteiger partial charge in [-0.2, -0.15) is 0 Å². The number of hydrogen-bond donors (Lipinski definition) is 2. The van der Waals surface area contributed by atoms with Crippen molar-refractivity contribution in [3.8, 4) is 0 Å². The highest BCUT2D eigenvalue weighted by Crippen LogP contribution is 2.29. The van der Waals surface area contributed by atoms with Crippen LogP contribution in [0.3, 0.4) is 0 Å². The summed E-state index contributed by atoms with van der Waals surface area (Å²) < 4.78 is 37.1. The molecular weight excluding hydrogens is 359 g/mol. The lowest BCUT2D eigenvalue weighted by molar-refractivity contribution is 0.597. The molecule has 2 rings (SSSR count). The molecule has 0 bridgehead atoms. The van der Waals surface area contributed by atoms with Crippen molar-refractivity contribution in [2.75, 3.05) is 5.32 Å². The van der Waals surface area contributed by atoms with Crippen LogP contribution in [-0.2, 0) is 10.0 Å². The van der Waals surface area contributed by atoms with Gasteiger partial charge in [0, 0.05) is 10.5 Å². The first-order valence-corrected chi connectivity index (χ1v) is 8.46. The number of hydrogen-bond acceptors (Lipinski definition) is 3. The molecule has 21 heavy (non-hydrogen) atoms. The largest absolute Gasteiger partial charge is 0.375 e. The summed E-state index contributed by atoms with van der Waals surface area (Å²) in [4.78, 5) is 0.0289. The number of rotatable bonds is 4. The number of halogens is 2. The van der Waals surface area contributed by atoms with E-state index >= 15 is 0 Å². The molecule has 0 spiro atoms. The van der Waals surface area contributed by atoms with Crippen molar-refractivity contribution in [2.24, 2.45) is 5.14 Å². The van der Waals surface area contributed by atoms with E-state index in [9.17, 15) is 12.8 Å². The molecule has 0 amide bonds. The van der Waals surface area contributed by atoms with Gasteiger partial charge in [0.05, 0.1) is 10.6 Å². The van der Waals surface area contributed by atoms with Gasteiger partial charge in [-0.3, -0.25) is 0 Å². The van der Waals surface area contributed by atoms with E-state index in [1.807, 2.05) is 0 Å². The van der Waals surface area contributed by atoms with Crippen LogP contribution in [0.5, 0.6) is 0 Å². The zero-order valence-electron chi connectivity index (χ0n) is 11.2. The highest BCUT2D eigenvalue weighted by molar-refractivity contribution is 9.10. The number of anilines is 1. The zero-order chi connectivity index (χ0) is 15.6. The Morgan fingerprint density at radius 2 is 1.90 bits per heavy atom. The molecule has 0 aliphatic carbocycles. The molecular formula is C14H14BrFN2O2S. The number of para-hydroxylation sites is 1. The molecule has 2 aromatic rings. The van der Waals surface area contributed by atoms with E-state index in [-0.39, 0.29) is 16.8 Å². The van der Waals surface area contributed by atoms with Gasteiger partial charge in [-0.05, 0) is 52.7 Å². The third kappa shape index (κ3) is 3.81. The Labute approximate surface area is 131 Å². The predicted molar refractivity (Wildman–Crippen MR) is 84.0 cm³/mol. The average molecular weight is 373 g/mol. The van der Waals surface area contributed by atoms with Gasteiger partial charge in [-0.15, -0.1) is 0 Å². The predicted octanol–water partition coefficient (Wildman–Crippen LogP) is 3.41. The number of nitrogens with two attached hydrogens (primary N) is 1. The molecule has 0 saturated heterocycles. The summed E-state index contributed by atoms with van der Waals surface area (Å²) in [6, 6.07) is 10.6. The van der Waals surface area contributed by atoms with Gasteiger partial charge in [0.15, 0.2) is 0 Å². The topological polar surface area (TPSA) is 72.2 Å². The Bertz CT molecular complexity index is 745. The first-order valence-electron chi connectivity index (χ1n) is 6.12. The normalized spacial score (nSPS) is 13.0. The first kappa shape index (κ1) is 15.9. The Balaban J connectivity index is 2.31. The molecule has 4 nitrogen and oxygen atoms in total. The lowest BCUT2D eigenvalue weighted by Gasteiger charge is -2.18. The van der Waals surface area contributed by atoms with Gasteiger partial charge in [0.25, 0.3) is 0 Å². The SMILES string of the molecule is CC(Nc1c(F)cccc1Br)c1cccc(S(N)(=O)=O)c1. The maximum atomic E-state index is 13.8. The van der Waals surface area contributed by atoms with E-state index in [1.165, 1.54) is 18.2 Å². The van der Waals surface area contributed by atoms with E-state index in [0.717, 1.165) is 0 Å². The average Bonchev–Trinajstić information content (AvgIpc) is 2.42. The molecule has 0 saturated carbocycles. The van der Waals surface area contributed by atoms with Crippen LogP contribution < -0.4 is 10.5 Å². The van der Waals surface area contributed by atoms with Crippen molar-refractivity contribution in [1.82, 2.24) is 0 Å². The second-order valence-electron chi connectivity index (χ2n) is 4.58. The Kier molecular flexibility index (Phi) is 4.65. The highest BCUT2D eigenvalue weighted by Gasteiger charge is 2.14. The van der Waals surface area contributed by atoms with E-state index < -0.39 is 10.0 Å². The molecule has 7 heteroatoms. The lowest BCUT2D eigenvalue weighted by atomic mass is 10.1.